The number of rotatable bonds is 2. The van der Waals surface area contributed by atoms with E-state index in [0.717, 1.165) is 19.8 Å². The zero-order valence-corrected chi connectivity index (χ0v) is 7.39. The van der Waals surface area contributed by atoms with Crippen LogP contribution in [0.1, 0.15) is 19.3 Å². The highest BCUT2D eigenvalue weighted by molar-refractivity contribution is 4.99. The van der Waals surface area contributed by atoms with Crippen molar-refractivity contribution in [1.82, 2.24) is 4.90 Å². The summed E-state index contributed by atoms with van der Waals surface area (Å²) in [5.41, 5.74) is 0.240. The summed E-state index contributed by atoms with van der Waals surface area (Å²) in [7, 11) is 0. The molecule has 0 aromatic rings. The SMILES string of the molecule is FCCN1CCOCC12CCC2. The molecule has 2 nitrogen and oxygen atoms in total. The predicted molar refractivity (Wildman–Crippen MR) is 44.9 cm³/mol. The summed E-state index contributed by atoms with van der Waals surface area (Å²) >= 11 is 0. The van der Waals surface area contributed by atoms with Gasteiger partial charge in [-0.25, -0.2) is 4.39 Å². The van der Waals surface area contributed by atoms with Crippen LogP contribution in [0.2, 0.25) is 0 Å². The molecule has 0 aromatic heterocycles. The third kappa shape index (κ3) is 1.25. The van der Waals surface area contributed by atoms with Crippen LogP contribution in [0.15, 0.2) is 0 Å². The second-order valence-corrected chi connectivity index (χ2v) is 3.81. The second-order valence-electron chi connectivity index (χ2n) is 3.81. The van der Waals surface area contributed by atoms with Crippen LogP contribution in [0, 0.1) is 0 Å². The number of nitrogens with zero attached hydrogens (tertiary/aromatic N) is 1. The number of morpholine rings is 1. The van der Waals surface area contributed by atoms with Gasteiger partial charge in [0.2, 0.25) is 0 Å². The minimum absolute atomic E-state index is 0.220. The van der Waals surface area contributed by atoms with E-state index in [-0.39, 0.29) is 12.2 Å². The highest BCUT2D eigenvalue weighted by Crippen LogP contribution is 2.39. The molecule has 0 N–H and O–H groups in total. The van der Waals surface area contributed by atoms with Crippen LogP contribution in [-0.4, -0.2) is 43.4 Å². The fourth-order valence-corrected chi connectivity index (χ4v) is 2.26. The van der Waals surface area contributed by atoms with Crippen LogP contribution in [-0.2, 0) is 4.74 Å². The number of ether oxygens (including phenoxy) is 1. The normalized spacial score (nSPS) is 28.8. The summed E-state index contributed by atoms with van der Waals surface area (Å²) < 4.78 is 17.6. The minimum atomic E-state index is -0.220. The number of halogens is 1. The topological polar surface area (TPSA) is 12.5 Å². The maximum absolute atomic E-state index is 12.2. The molecule has 1 aliphatic heterocycles. The Morgan fingerprint density at radius 2 is 2.25 bits per heavy atom. The average Bonchev–Trinajstić information content (AvgIpc) is 2.03. The summed E-state index contributed by atoms with van der Waals surface area (Å²) in [6.07, 6.45) is 3.69. The molecular weight excluding hydrogens is 157 g/mol. The summed E-state index contributed by atoms with van der Waals surface area (Å²) in [6.45, 7) is 2.91. The van der Waals surface area contributed by atoms with Gasteiger partial charge in [-0.15, -0.1) is 0 Å². The van der Waals surface area contributed by atoms with Crippen molar-refractivity contribution < 1.29 is 9.13 Å². The molecule has 12 heavy (non-hydrogen) atoms. The zero-order chi connectivity index (χ0) is 8.44. The first-order valence-corrected chi connectivity index (χ1v) is 4.76. The van der Waals surface area contributed by atoms with Gasteiger partial charge in [0.1, 0.15) is 6.67 Å². The van der Waals surface area contributed by atoms with Crippen LogP contribution in [0.4, 0.5) is 4.39 Å². The molecule has 70 valence electrons. The maximum Gasteiger partial charge on any atom is 0.102 e. The van der Waals surface area contributed by atoms with Crippen molar-refractivity contribution in [2.75, 3.05) is 33.0 Å². The molecular formula is C9H16FNO. The quantitative estimate of drug-likeness (QED) is 0.622. The Balaban J connectivity index is 1.97. The Kier molecular flexibility index (Phi) is 2.33. The minimum Gasteiger partial charge on any atom is -0.378 e. The Labute approximate surface area is 72.7 Å². The summed E-state index contributed by atoms with van der Waals surface area (Å²) in [5, 5.41) is 0. The average molecular weight is 173 g/mol. The second kappa shape index (κ2) is 3.30. The van der Waals surface area contributed by atoms with Crippen LogP contribution in [0.3, 0.4) is 0 Å². The summed E-state index contributed by atoms with van der Waals surface area (Å²) in [6, 6.07) is 0. The van der Waals surface area contributed by atoms with E-state index in [1.54, 1.807) is 0 Å². The molecule has 0 aromatic carbocycles. The lowest BCUT2D eigenvalue weighted by Crippen LogP contribution is -2.61. The van der Waals surface area contributed by atoms with E-state index in [2.05, 4.69) is 4.90 Å². The van der Waals surface area contributed by atoms with Gasteiger partial charge in [-0.2, -0.15) is 0 Å². The van der Waals surface area contributed by atoms with Gasteiger partial charge in [-0.1, -0.05) is 0 Å². The number of hydrogen-bond donors (Lipinski definition) is 0. The lowest BCUT2D eigenvalue weighted by Gasteiger charge is -2.52. The first-order chi connectivity index (χ1) is 5.87. The smallest absolute Gasteiger partial charge is 0.102 e. The zero-order valence-electron chi connectivity index (χ0n) is 7.39. The van der Waals surface area contributed by atoms with E-state index >= 15 is 0 Å². The summed E-state index contributed by atoms with van der Waals surface area (Å²) in [5.74, 6) is 0. The van der Waals surface area contributed by atoms with E-state index in [0.29, 0.717) is 6.54 Å². The lowest BCUT2D eigenvalue weighted by molar-refractivity contribution is -0.108. The number of hydrogen-bond acceptors (Lipinski definition) is 2. The van der Waals surface area contributed by atoms with E-state index in [4.69, 9.17) is 4.74 Å². The van der Waals surface area contributed by atoms with E-state index < -0.39 is 0 Å². The Hall–Kier alpha value is -0.150. The Bertz CT molecular complexity index is 157. The van der Waals surface area contributed by atoms with E-state index in [1.807, 2.05) is 0 Å². The van der Waals surface area contributed by atoms with Crippen LogP contribution < -0.4 is 0 Å². The monoisotopic (exact) mass is 173 g/mol. The number of alkyl halides is 1. The maximum atomic E-state index is 12.2. The standard InChI is InChI=1S/C9H16FNO/c10-4-5-11-6-7-12-8-9(11)2-1-3-9/h1-8H2. The largest absolute Gasteiger partial charge is 0.378 e. The lowest BCUT2D eigenvalue weighted by atomic mass is 9.75. The molecule has 2 rings (SSSR count). The fourth-order valence-electron chi connectivity index (χ4n) is 2.26. The van der Waals surface area contributed by atoms with Crippen molar-refractivity contribution in [3.05, 3.63) is 0 Å². The van der Waals surface area contributed by atoms with Crippen LogP contribution in [0.5, 0.6) is 0 Å². The molecule has 2 fully saturated rings. The Morgan fingerprint density at radius 3 is 2.83 bits per heavy atom. The Morgan fingerprint density at radius 1 is 1.42 bits per heavy atom. The molecule has 0 bridgehead atoms. The van der Waals surface area contributed by atoms with Gasteiger partial charge in [-0.05, 0) is 19.3 Å². The van der Waals surface area contributed by atoms with Gasteiger partial charge < -0.3 is 4.74 Å². The molecule has 1 spiro atoms. The predicted octanol–water partition coefficient (Wildman–Crippen LogP) is 1.21. The molecule has 2 aliphatic rings. The van der Waals surface area contributed by atoms with Gasteiger partial charge in [0, 0.05) is 18.6 Å². The van der Waals surface area contributed by atoms with Gasteiger partial charge in [0.05, 0.1) is 13.2 Å². The molecule has 1 saturated carbocycles. The fraction of sp³-hybridized carbons (Fsp3) is 1.00. The molecule has 3 heteroatoms. The third-order valence-electron chi connectivity index (χ3n) is 3.19. The van der Waals surface area contributed by atoms with Gasteiger partial charge in [0.25, 0.3) is 0 Å². The molecule has 1 saturated heterocycles. The summed E-state index contributed by atoms with van der Waals surface area (Å²) in [4.78, 5) is 2.28. The van der Waals surface area contributed by atoms with Crippen molar-refractivity contribution in [2.45, 2.75) is 24.8 Å². The highest BCUT2D eigenvalue weighted by atomic mass is 19.1. The van der Waals surface area contributed by atoms with Crippen molar-refractivity contribution in [3.63, 3.8) is 0 Å². The van der Waals surface area contributed by atoms with Crippen molar-refractivity contribution in [2.24, 2.45) is 0 Å². The van der Waals surface area contributed by atoms with Crippen molar-refractivity contribution in [1.29, 1.82) is 0 Å². The first kappa shape index (κ1) is 8.45. The third-order valence-corrected chi connectivity index (χ3v) is 3.19. The molecule has 0 amide bonds. The van der Waals surface area contributed by atoms with Gasteiger partial charge in [-0.3, -0.25) is 4.90 Å². The van der Waals surface area contributed by atoms with E-state index in [9.17, 15) is 4.39 Å². The van der Waals surface area contributed by atoms with Gasteiger partial charge in [0.15, 0.2) is 0 Å². The van der Waals surface area contributed by atoms with E-state index in [1.165, 1.54) is 19.3 Å². The molecule has 1 heterocycles. The molecule has 0 atom stereocenters. The highest BCUT2D eigenvalue weighted by Gasteiger charge is 2.44. The molecule has 1 aliphatic carbocycles. The van der Waals surface area contributed by atoms with Crippen LogP contribution >= 0.6 is 0 Å². The molecule has 0 radical (unpaired) electrons. The van der Waals surface area contributed by atoms with Crippen LogP contribution in [0.25, 0.3) is 0 Å². The molecule has 0 unspecified atom stereocenters. The van der Waals surface area contributed by atoms with Gasteiger partial charge >= 0.3 is 0 Å². The van der Waals surface area contributed by atoms with Crippen molar-refractivity contribution in [3.8, 4) is 0 Å². The van der Waals surface area contributed by atoms with Crippen molar-refractivity contribution >= 4 is 0 Å². The first-order valence-electron chi connectivity index (χ1n) is 4.76.